The highest BCUT2D eigenvalue weighted by atomic mass is 15.3. The van der Waals surface area contributed by atoms with Crippen molar-refractivity contribution in [2.24, 2.45) is 16.6 Å². The van der Waals surface area contributed by atoms with Crippen LogP contribution in [0.3, 0.4) is 0 Å². The summed E-state index contributed by atoms with van der Waals surface area (Å²) >= 11 is 0. The van der Waals surface area contributed by atoms with Crippen LogP contribution in [0, 0.1) is 0 Å². The number of hydrogen-bond donors (Lipinski definition) is 3. The van der Waals surface area contributed by atoms with Gasteiger partial charge in [-0.2, -0.15) is 0 Å². The smallest absolute Gasteiger partial charge is 0.208 e. The highest BCUT2D eigenvalue weighted by molar-refractivity contribution is 5.95. The van der Waals surface area contributed by atoms with Gasteiger partial charge < -0.3 is 5.73 Å². The molecule has 0 amide bonds. The fourth-order valence-corrected chi connectivity index (χ4v) is 1.47. The molecule has 4 nitrogen and oxygen atoms in total. The van der Waals surface area contributed by atoms with Crippen LogP contribution in [0.5, 0.6) is 0 Å². The van der Waals surface area contributed by atoms with Crippen LogP contribution in [0.25, 0.3) is 10.8 Å². The van der Waals surface area contributed by atoms with Crippen molar-refractivity contribution in [3.63, 3.8) is 0 Å². The topological polar surface area (TPSA) is 76.4 Å². The Morgan fingerprint density at radius 2 is 1.80 bits per heavy atom. The average molecular weight is 200 g/mol. The zero-order chi connectivity index (χ0) is 10.7. The Balaban J connectivity index is 2.61. The summed E-state index contributed by atoms with van der Waals surface area (Å²) in [6.07, 6.45) is 0. The predicted octanol–water partition coefficient (Wildman–Crippen LogP) is 1.25. The van der Waals surface area contributed by atoms with Gasteiger partial charge >= 0.3 is 0 Å². The van der Waals surface area contributed by atoms with E-state index in [9.17, 15) is 0 Å². The van der Waals surface area contributed by atoms with E-state index in [1.165, 1.54) is 0 Å². The van der Waals surface area contributed by atoms with Crippen LogP contribution >= 0.6 is 0 Å². The third-order valence-electron chi connectivity index (χ3n) is 2.16. The first-order chi connectivity index (χ1) is 7.31. The number of hydrazine groups is 1. The SMILES string of the molecule is NNC(N)=Nc1cccc2ccccc12. The van der Waals surface area contributed by atoms with Gasteiger partial charge in [-0.25, -0.2) is 10.8 Å². The van der Waals surface area contributed by atoms with Gasteiger partial charge in [-0.15, -0.1) is 0 Å². The molecular weight excluding hydrogens is 188 g/mol. The van der Waals surface area contributed by atoms with Crippen LogP contribution in [-0.4, -0.2) is 5.96 Å². The molecule has 4 heteroatoms. The lowest BCUT2D eigenvalue weighted by Gasteiger charge is -2.02. The minimum atomic E-state index is 0.200. The monoisotopic (exact) mass is 200 g/mol. The minimum Gasteiger partial charge on any atom is -0.369 e. The standard InChI is InChI=1S/C11H12N4/c12-11(15-13)14-10-7-3-5-8-4-1-2-6-9(8)10/h1-7H,13H2,(H3,12,14,15). The highest BCUT2D eigenvalue weighted by Gasteiger charge is 1.98. The van der Waals surface area contributed by atoms with Crippen molar-refractivity contribution >= 4 is 22.4 Å². The number of fused-ring (bicyclic) bond motifs is 1. The lowest BCUT2D eigenvalue weighted by molar-refractivity contribution is 1.01. The number of guanidine groups is 1. The second kappa shape index (κ2) is 3.98. The van der Waals surface area contributed by atoms with Crippen molar-refractivity contribution in [1.29, 1.82) is 0 Å². The van der Waals surface area contributed by atoms with Gasteiger partial charge in [0.05, 0.1) is 5.69 Å². The number of nitrogens with two attached hydrogens (primary N) is 2. The molecule has 0 fully saturated rings. The molecule has 0 atom stereocenters. The van der Waals surface area contributed by atoms with Crippen molar-refractivity contribution in [2.75, 3.05) is 0 Å². The molecule has 2 aromatic rings. The molecule has 2 aromatic carbocycles. The maximum Gasteiger partial charge on any atom is 0.208 e. The predicted molar refractivity (Wildman–Crippen MR) is 62.6 cm³/mol. The summed E-state index contributed by atoms with van der Waals surface area (Å²) in [6, 6.07) is 13.8. The molecule has 0 saturated carbocycles. The Hall–Kier alpha value is -2.07. The Bertz CT molecular complexity index is 499. The Kier molecular flexibility index (Phi) is 2.51. The molecule has 0 spiro atoms. The maximum absolute atomic E-state index is 5.51. The molecule has 0 aliphatic rings. The molecule has 15 heavy (non-hydrogen) atoms. The minimum absolute atomic E-state index is 0.200. The molecule has 76 valence electrons. The summed E-state index contributed by atoms with van der Waals surface area (Å²) in [5, 5.41) is 2.18. The van der Waals surface area contributed by atoms with Crippen molar-refractivity contribution in [3.8, 4) is 0 Å². The second-order valence-electron chi connectivity index (χ2n) is 3.14. The van der Waals surface area contributed by atoms with Gasteiger partial charge in [0.25, 0.3) is 0 Å². The van der Waals surface area contributed by atoms with Gasteiger partial charge in [-0.05, 0) is 11.5 Å². The summed E-state index contributed by atoms with van der Waals surface area (Å²) in [7, 11) is 0. The van der Waals surface area contributed by atoms with Gasteiger partial charge in [0, 0.05) is 5.39 Å². The number of rotatable bonds is 1. The summed E-state index contributed by atoms with van der Waals surface area (Å²) in [6.45, 7) is 0. The zero-order valence-electron chi connectivity index (χ0n) is 8.14. The van der Waals surface area contributed by atoms with Gasteiger partial charge in [0.15, 0.2) is 0 Å². The van der Waals surface area contributed by atoms with E-state index in [0.29, 0.717) is 0 Å². The van der Waals surface area contributed by atoms with Crippen LogP contribution < -0.4 is 17.0 Å². The molecule has 2 rings (SSSR count). The first-order valence-electron chi connectivity index (χ1n) is 4.60. The van der Waals surface area contributed by atoms with Crippen molar-refractivity contribution in [1.82, 2.24) is 5.43 Å². The molecule has 0 aliphatic heterocycles. The first kappa shape index (κ1) is 9.48. The normalized spacial score (nSPS) is 11.7. The van der Waals surface area contributed by atoms with E-state index < -0.39 is 0 Å². The van der Waals surface area contributed by atoms with E-state index in [2.05, 4.69) is 10.4 Å². The van der Waals surface area contributed by atoms with E-state index in [0.717, 1.165) is 16.5 Å². The summed E-state index contributed by atoms with van der Waals surface area (Å²) in [4.78, 5) is 4.16. The zero-order valence-corrected chi connectivity index (χ0v) is 8.14. The maximum atomic E-state index is 5.51. The molecule has 0 radical (unpaired) electrons. The van der Waals surface area contributed by atoms with E-state index in [1.807, 2.05) is 42.5 Å². The van der Waals surface area contributed by atoms with Gasteiger partial charge in [-0.3, -0.25) is 5.43 Å². The first-order valence-corrected chi connectivity index (χ1v) is 4.60. The average Bonchev–Trinajstić information content (AvgIpc) is 2.29. The quantitative estimate of drug-likeness (QED) is 0.280. The van der Waals surface area contributed by atoms with Gasteiger partial charge in [-0.1, -0.05) is 36.4 Å². The lowest BCUT2D eigenvalue weighted by atomic mass is 10.1. The molecule has 0 heterocycles. The van der Waals surface area contributed by atoms with E-state index in [1.54, 1.807) is 0 Å². The largest absolute Gasteiger partial charge is 0.369 e. The molecule has 5 N–H and O–H groups in total. The van der Waals surface area contributed by atoms with Crippen LogP contribution in [0.1, 0.15) is 0 Å². The van der Waals surface area contributed by atoms with Gasteiger partial charge in [0.2, 0.25) is 5.96 Å². The van der Waals surface area contributed by atoms with Crippen LogP contribution in [-0.2, 0) is 0 Å². The molecule has 0 unspecified atom stereocenters. The Morgan fingerprint density at radius 1 is 1.07 bits per heavy atom. The van der Waals surface area contributed by atoms with Crippen LogP contribution in [0.4, 0.5) is 5.69 Å². The molecular formula is C11H12N4. The fraction of sp³-hybridized carbons (Fsp3) is 0. The fourth-order valence-electron chi connectivity index (χ4n) is 1.47. The summed E-state index contributed by atoms with van der Waals surface area (Å²) in [5.41, 5.74) is 8.62. The Morgan fingerprint density at radius 3 is 2.60 bits per heavy atom. The summed E-state index contributed by atoms with van der Waals surface area (Å²) in [5.74, 6) is 5.36. The van der Waals surface area contributed by atoms with E-state index in [4.69, 9.17) is 11.6 Å². The molecule has 0 aromatic heterocycles. The number of benzene rings is 2. The van der Waals surface area contributed by atoms with E-state index >= 15 is 0 Å². The second-order valence-corrected chi connectivity index (χ2v) is 3.14. The molecule has 0 saturated heterocycles. The number of nitrogens with one attached hydrogen (secondary N) is 1. The van der Waals surface area contributed by atoms with Crippen molar-refractivity contribution in [3.05, 3.63) is 42.5 Å². The number of hydrogen-bond acceptors (Lipinski definition) is 2. The lowest BCUT2D eigenvalue weighted by Crippen LogP contribution is -2.36. The van der Waals surface area contributed by atoms with E-state index in [-0.39, 0.29) is 5.96 Å². The highest BCUT2D eigenvalue weighted by Crippen LogP contribution is 2.25. The number of nitrogens with zero attached hydrogens (tertiary/aromatic N) is 1. The van der Waals surface area contributed by atoms with Crippen LogP contribution in [0.15, 0.2) is 47.5 Å². The van der Waals surface area contributed by atoms with Gasteiger partial charge in [0.1, 0.15) is 0 Å². The number of aliphatic imine (C=N–C) groups is 1. The van der Waals surface area contributed by atoms with Crippen LogP contribution in [0.2, 0.25) is 0 Å². The van der Waals surface area contributed by atoms with Crippen molar-refractivity contribution < 1.29 is 0 Å². The molecule has 0 bridgehead atoms. The van der Waals surface area contributed by atoms with Crippen molar-refractivity contribution in [2.45, 2.75) is 0 Å². The third kappa shape index (κ3) is 1.89. The summed E-state index contributed by atoms with van der Waals surface area (Å²) < 4.78 is 0. The third-order valence-corrected chi connectivity index (χ3v) is 2.16. The molecule has 0 aliphatic carbocycles. The Labute approximate surface area is 87.6 Å².